The molecule has 0 aliphatic heterocycles. The monoisotopic (exact) mass is 192 g/mol. The lowest BCUT2D eigenvalue weighted by Gasteiger charge is -1.95. The molecule has 2 rings (SSSR count). The predicted molar refractivity (Wildman–Crippen MR) is 51.7 cm³/mol. The van der Waals surface area contributed by atoms with Crippen LogP contribution < -0.4 is 0 Å². The first-order chi connectivity index (χ1) is 6.27. The number of thiazole rings is 1. The highest BCUT2D eigenvalue weighted by Crippen LogP contribution is 2.32. The Labute approximate surface area is 79.7 Å². The lowest BCUT2D eigenvalue weighted by molar-refractivity contribution is 0.470. The smallest absolute Gasteiger partial charge is 0.271 e. The summed E-state index contributed by atoms with van der Waals surface area (Å²) in [4.78, 5) is 8.87. The number of aromatic nitrogens is 2. The number of aryl methyl sites for hydroxylation is 1. The topological polar surface area (TPSA) is 46.0 Å². The Morgan fingerprint density at radius 2 is 2.00 bits per heavy atom. The van der Waals surface area contributed by atoms with Crippen molar-refractivity contribution in [3.05, 3.63) is 30.2 Å². The molecule has 0 unspecified atom stereocenters. The average molecular weight is 192 g/mol. The summed E-state index contributed by atoms with van der Waals surface area (Å²) in [7, 11) is 0. The molecule has 0 bridgehead atoms. The zero-order chi connectivity index (χ0) is 9.26. The van der Waals surface area contributed by atoms with Crippen LogP contribution in [0.3, 0.4) is 0 Å². The first-order valence-electron chi connectivity index (χ1n) is 3.84. The third kappa shape index (κ3) is 1.53. The third-order valence-electron chi connectivity index (χ3n) is 1.73. The van der Waals surface area contributed by atoms with Gasteiger partial charge in [0.2, 0.25) is 0 Å². The second kappa shape index (κ2) is 3.14. The van der Waals surface area contributed by atoms with Crippen LogP contribution in [0.15, 0.2) is 24.5 Å². The quantitative estimate of drug-likeness (QED) is 0.753. The van der Waals surface area contributed by atoms with Crippen LogP contribution in [0.2, 0.25) is 0 Å². The lowest BCUT2D eigenvalue weighted by Crippen LogP contribution is -1.77. The van der Waals surface area contributed by atoms with Crippen molar-refractivity contribution < 1.29 is 5.11 Å². The molecule has 0 aromatic carbocycles. The van der Waals surface area contributed by atoms with Gasteiger partial charge in [0, 0.05) is 12.4 Å². The Kier molecular flexibility index (Phi) is 1.98. The number of hydrogen-bond donors (Lipinski definition) is 1. The van der Waals surface area contributed by atoms with Crippen LogP contribution in [-0.4, -0.2) is 15.1 Å². The van der Waals surface area contributed by atoms with E-state index in [0.717, 1.165) is 16.1 Å². The third-order valence-corrected chi connectivity index (χ3v) is 2.74. The molecule has 4 heteroatoms. The molecule has 0 spiro atoms. The fourth-order valence-electron chi connectivity index (χ4n) is 1.15. The lowest BCUT2D eigenvalue weighted by atomic mass is 10.2. The minimum Gasteiger partial charge on any atom is -0.486 e. The van der Waals surface area contributed by atoms with Gasteiger partial charge >= 0.3 is 0 Å². The first kappa shape index (κ1) is 8.19. The average Bonchev–Trinajstić information content (AvgIpc) is 2.47. The van der Waals surface area contributed by atoms with E-state index in [2.05, 4.69) is 9.97 Å². The molecule has 3 nitrogen and oxygen atoms in total. The molecule has 2 aromatic rings. The Hall–Kier alpha value is -1.42. The van der Waals surface area contributed by atoms with E-state index in [1.165, 1.54) is 11.3 Å². The molecule has 1 N–H and O–H groups in total. The summed E-state index contributed by atoms with van der Waals surface area (Å²) in [5, 5.41) is 9.30. The highest BCUT2D eigenvalue weighted by molar-refractivity contribution is 7.16. The van der Waals surface area contributed by atoms with Crippen molar-refractivity contribution in [1.82, 2.24) is 9.97 Å². The predicted octanol–water partition coefficient (Wildman–Crippen LogP) is 2.22. The molecule has 0 saturated heterocycles. The standard InChI is InChI=1S/C9H8N2OS/c1-6-8(13-9(12)11-6)7-2-4-10-5-3-7/h2-5H,1H3,(H,11,12). The van der Waals surface area contributed by atoms with Crippen molar-refractivity contribution in [2.75, 3.05) is 0 Å². The van der Waals surface area contributed by atoms with Gasteiger partial charge in [0.15, 0.2) is 0 Å². The molecule has 0 aliphatic carbocycles. The molecule has 0 aliphatic rings. The van der Waals surface area contributed by atoms with Gasteiger partial charge < -0.3 is 5.11 Å². The van der Waals surface area contributed by atoms with Crippen LogP contribution in [0.5, 0.6) is 5.19 Å². The molecular weight excluding hydrogens is 184 g/mol. The van der Waals surface area contributed by atoms with Crippen molar-refractivity contribution >= 4 is 11.3 Å². The van der Waals surface area contributed by atoms with Gasteiger partial charge in [-0.05, 0) is 24.6 Å². The summed E-state index contributed by atoms with van der Waals surface area (Å²) >= 11 is 1.28. The fraction of sp³-hybridized carbons (Fsp3) is 0.111. The molecule has 0 fully saturated rings. The second-order valence-corrected chi connectivity index (χ2v) is 3.62. The maximum Gasteiger partial charge on any atom is 0.271 e. The zero-order valence-corrected chi connectivity index (χ0v) is 7.88. The maximum atomic E-state index is 9.19. The Morgan fingerprint density at radius 3 is 2.54 bits per heavy atom. The van der Waals surface area contributed by atoms with E-state index < -0.39 is 0 Å². The van der Waals surface area contributed by atoms with Crippen LogP contribution in [0, 0.1) is 6.92 Å². The van der Waals surface area contributed by atoms with E-state index in [4.69, 9.17) is 0 Å². The minimum absolute atomic E-state index is 0.115. The summed E-state index contributed by atoms with van der Waals surface area (Å²) in [5.41, 5.74) is 1.90. The molecule has 0 radical (unpaired) electrons. The minimum atomic E-state index is 0.115. The van der Waals surface area contributed by atoms with E-state index in [9.17, 15) is 5.11 Å². The largest absolute Gasteiger partial charge is 0.486 e. The van der Waals surface area contributed by atoms with Gasteiger partial charge in [-0.1, -0.05) is 11.3 Å². The van der Waals surface area contributed by atoms with Crippen LogP contribution in [0.25, 0.3) is 10.4 Å². The number of nitrogens with zero attached hydrogens (tertiary/aromatic N) is 2. The van der Waals surface area contributed by atoms with E-state index >= 15 is 0 Å². The van der Waals surface area contributed by atoms with Crippen LogP contribution in [-0.2, 0) is 0 Å². The number of hydrogen-bond acceptors (Lipinski definition) is 4. The van der Waals surface area contributed by atoms with Gasteiger partial charge in [0.05, 0.1) is 10.6 Å². The van der Waals surface area contributed by atoms with Gasteiger partial charge in [0.1, 0.15) is 0 Å². The van der Waals surface area contributed by atoms with Crippen LogP contribution in [0.1, 0.15) is 5.69 Å². The summed E-state index contributed by atoms with van der Waals surface area (Å²) in [5.74, 6) is 0. The molecule has 0 saturated carbocycles. The van der Waals surface area contributed by atoms with E-state index in [1.807, 2.05) is 19.1 Å². The fourth-order valence-corrected chi connectivity index (χ4v) is 1.97. The molecule has 13 heavy (non-hydrogen) atoms. The number of aromatic hydroxyl groups is 1. The van der Waals surface area contributed by atoms with Gasteiger partial charge in [-0.2, -0.15) is 0 Å². The van der Waals surface area contributed by atoms with Gasteiger partial charge in [0.25, 0.3) is 5.19 Å². The van der Waals surface area contributed by atoms with Crippen LogP contribution >= 0.6 is 11.3 Å². The Morgan fingerprint density at radius 1 is 1.31 bits per heavy atom. The van der Waals surface area contributed by atoms with Crippen molar-refractivity contribution in [3.8, 4) is 15.6 Å². The second-order valence-electron chi connectivity index (χ2n) is 2.65. The first-order valence-corrected chi connectivity index (χ1v) is 4.66. The molecular formula is C9H8N2OS. The number of rotatable bonds is 1. The summed E-state index contributed by atoms with van der Waals surface area (Å²) in [6.07, 6.45) is 3.46. The van der Waals surface area contributed by atoms with Gasteiger partial charge in [-0.15, -0.1) is 0 Å². The maximum absolute atomic E-state index is 9.19. The Balaban J connectivity index is 2.53. The van der Waals surface area contributed by atoms with Crippen molar-refractivity contribution in [2.24, 2.45) is 0 Å². The molecule has 0 atom stereocenters. The van der Waals surface area contributed by atoms with Crippen LogP contribution in [0.4, 0.5) is 0 Å². The van der Waals surface area contributed by atoms with Crippen molar-refractivity contribution in [2.45, 2.75) is 6.92 Å². The molecule has 66 valence electrons. The van der Waals surface area contributed by atoms with Crippen molar-refractivity contribution in [3.63, 3.8) is 0 Å². The Bertz CT molecular complexity index is 411. The van der Waals surface area contributed by atoms with E-state index in [0.29, 0.717) is 0 Å². The van der Waals surface area contributed by atoms with Gasteiger partial charge in [-0.25, -0.2) is 4.98 Å². The highest BCUT2D eigenvalue weighted by Gasteiger charge is 2.07. The summed E-state index contributed by atoms with van der Waals surface area (Å²) < 4.78 is 0. The van der Waals surface area contributed by atoms with Crippen molar-refractivity contribution in [1.29, 1.82) is 0 Å². The van der Waals surface area contributed by atoms with Gasteiger partial charge in [-0.3, -0.25) is 4.98 Å². The number of pyridine rings is 1. The normalized spacial score (nSPS) is 10.2. The summed E-state index contributed by atoms with van der Waals surface area (Å²) in [6.45, 7) is 1.88. The molecule has 0 amide bonds. The van der Waals surface area contributed by atoms with E-state index in [-0.39, 0.29) is 5.19 Å². The molecule has 2 heterocycles. The summed E-state index contributed by atoms with van der Waals surface area (Å²) in [6, 6.07) is 3.81. The molecule has 2 aromatic heterocycles. The highest BCUT2D eigenvalue weighted by atomic mass is 32.1. The SMILES string of the molecule is Cc1nc(O)sc1-c1ccncc1. The zero-order valence-electron chi connectivity index (χ0n) is 7.06. The van der Waals surface area contributed by atoms with E-state index in [1.54, 1.807) is 12.4 Å².